The van der Waals surface area contributed by atoms with Gasteiger partial charge in [-0.2, -0.15) is 0 Å². The molecule has 1 saturated heterocycles. The highest BCUT2D eigenvalue weighted by Crippen LogP contribution is 2.35. The Balaban J connectivity index is 1.35. The Labute approximate surface area is 217 Å². The molecule has 0 bridgehead atoms. The fourth-order valence-electron chi connectivity index (χ4n) is 6.43. The predicted molar refractivity (Wildman–Crippen MR) is 146 cm³/mol. The van der Waals surface area contributed by atoms with Crippen LogP contribution in [0.15, 0.2) is 59.4 Å². The third-order valence-corrected chi connectivity index (χ3v) is 8.48. The molecule has 3 heterocycles. The van der Waals surface area contributed by atoms with Crippen molar-refractivity contribution in [1.82, 2.24) is 30.1 Å². The zero-order valence-electron chi connectivity index (χ0n) is 21.6. The number of nitrogens with zero attached hydrogens (tertiary/aromatic N) is 5. The summed E-state index contributed by atoms with van der Waals surface area (Å²) in [6.45, 7) is 3.88. The molecule has 1 aliphatic heterocycles. The number of pyridine rings is 1. The van der Waals surface area contributed by atoms with Crippen LogP contribution in [0.4, 0.5) is 0 Å². The van der Waals surface area contributed by atoms with Gasteiger partial charge in [-0.3, -0.25) is 9.69 Å². The SMILES string of the molecule is Cc1cccc2cc([C@@H](c3nnnn3C3CCCCC3)N3CCC(Cc4ccccc4)CC3)c(=O)[nH]c12. The minimum atomic E-state index is -0.261. The van der Waals surface area contributed by atoms with Crippen molar-refractivity contribution in [3.8, 4) is 0 Å². The van der Waals surface area contributed by atoms with Gasteiger partial charge in [0.05, 0.1) is 11.6 Å². The molecule has 2 fully saturated rings. The molecule has 1 aliphatic carbocycles. The van der Waals surface area contributed by atoms with E-state index in [0.717, 1.165) is 73.0 Å². The Hall–Kier alpha value is -3.32. The molecule has 0 amide bonds. The van der Waals surface area contributed by atoms with Crippen LogP contribution in [0.3, 0.4) is 0 Å². The summed E-state index contributed by atoms with van der Waals surface area (Å²) in [4.78, 5) is 19.2. The number of hydrogen-bond acceptors (Lipinski definition) is 5. The van der Waals surface area contributed by atoms with Crippen molar-refractivity contribution in [2.45, 2.75) is 70.4 Å². The van der Waals surface area contributed by atoms with Gasteiger partial charge in [-0.15, -0.1) is 5.10 Å². The molecule has 0 radical (unpaired) electrons. The first-order valence-electron chi connectivity index (χ1n) is 13.9. The van der Waals surface area contributed by atoms with Gasteiger partial charge in [-0.1, -0.05) is 67.8 Å². The maximum Gasteiger partial charge on any atom is 0.253 e. The topological polar surface area (TPSA) is 79.7 Å². The molecule has 7 heteroatoms. The van der Waals surface area contributed by atoms with E-state index in [4.69, 9.17) is 0 Å². The van der Waals surface area contributed by atoms with Crippen LogP contribution in [0.1, 0.15) is 79.5 Å². The maximum atomic E-state index is 13.6. The number of likely N-dealkylation sites (tertiary alicyclic amines) is 1. The quantitative estimate of drug-likeness (QED) is 0.388. The lowest BCUT2D eigenvalue weighted by Crippen LogP contribution is -2.41. The highest BCUT2D eigenvalue weighted by Gasteiger charge is 2.34. The van der Waals surface area contributed by atoms with Crippen molar-refractivity contribution in [3.05, 3.63) is 87.5 Å². The van der Waals surface area contributed by atoms with Crippen molar-refractivity contribution >= 4 is 10.9 Å². The number of para-hydroxylation sites is 1. The van der Waals surface area contributed by atoms with E-state index in [-0.39, 0.29) is 11.6 Å². The molecule has 192 valence electrons. The number of aromatic amines is 1. The molecule has 1 N–H and O–H groups in total. The third-order valence-electron chi connectivity index (χ3n) is 8.48. The summed E-state index contributed by atoms with van der Waals surface area (Å²) in [7, 11) is 0. The maximum absolute atomic E-state index is 13.6. The minimum absolute atomic E-state index is 0.0450. The molecule has 2 aliphatic rings. The summed E-state index contributed by atoms with van der Waals surface area (Å²) >= 11 is 0. The average Bonchev–Trinajstić information content (AvgIpc) is 3.41. The predicted octanol–water partition coefficient (Wildman–Crippen LogP) is 5.37. The van der Waals surface area contributed by atoms with Gasteiger partial charge in [-0.05, 0) is 91.0 Å². The summed E-state index contributed by atoms with van der Waals surface area (Å²) in [5, 5.41) is 14.2. The smallest absolute Gasteiger partial charge is 0.253 e. The molecule has 1 atom stereocenters. The lowest BCUT2D eigenvalue weighted by atomic mass is 9.88. The average molecular weight is 497 g/mol. The van der Waals surface area contributed by atoms with Crippen molar-refractivity contribution in [3.63, 3.8) is 0 Å². The molecule has 2 aromatic carbocycles. The molecule has 7 nitrogen and oxygen atoms in total. The Morgan fingerprint density at radius 3 is 2.54 bits per heavy atom. The van der Waals surface area contributed by atoms with E-state index in [1.165, 1.54) is 24.8 Å². The number of aromatic nitrogens is 5. The zero-order valence-corrected chi connectivity index (χ0v) is 21.6. The first kappa shape index (κ1) is 24.0. The lowest BCUT2D eigenvalue weighted by molar-refractivity contribution is 0.140. The number of fused-ring (bicyclic) bond motifs is 1. The standard InChI is InChI=1S/C30H36N6O/c1-21-9-8-12-24-20-26(30(37)31-27(21)24)28(29-32-33-34-36(29)25-13-6-3-7-14-25)35-17-15-23(16-18-35)19-22-10-4-2-5-11-22/h2,4-5,8-12,20,23,25,28H,3,6-7,13-19H2,1H3,(H,31,37)/t28-/m0/s1. The van der Waals surface area contributed by atoms with Gasteiger partial charge in [-0.25, -0.2) is 4.68 Å². The van der Waals surface area contributed by atoms with Crippen LogP contribution in [-0.4, -0.2) is 43.2 Å². The van der Waals surface area contributed by atoms with E-state index in [0.29, 0.717) is 12.0 Å². The number of piperidine rings is 1. The molecule has 4 aromatic rings. The number of tetrazole rings is 1. The van der Waals surface area contributed by atoms with Crippen LogP contribution in [0, 0.1) is 12.8 Å². The van der Waals surface area contributed by atoms with E-state index < -0.39 is 0 Å². The van der Waals surface area contributed by atoms with Crippen molar-refractivity contribution < 1.29 is 0 Å². The van der Waals surface area contributed by atoms with Crippen molar-refractivity contribution in [2.24, 2.45) is 5.92 Å². The lowest BCUT2D eigenvalue weighted by Gasteiger charge is -2.37. The van der Waals surface area contributed by atoms with Crippen LogP contribution in [0.25, 0.3) is 10.9 Å². The summed E-state index contributed by atoms with van der Waals surface area (Å²) in [5.41, 5.74) is 4.08. The number of benzene rings is 2. The monoisotopic (exact) mass is 496 g/mol. The van der Waals surface area contributed by atoms with E-state index >= 15 is 0 Å². The number of hydrogen-bond donors (Lipinski definition) is 1. The molecular weight excluding hydrogens is 460 g/mol. The third kappa shape index (κ3) is 4.97. The normalized spacial score (nSPS) is 18.8. The fourth-order valence-corrected chi connectivity index (χ4v) is 6.43. The number of H-pyrrole nitrogens is 1. The second kappa shape index (κ2) is 10.6. The highest BCUT2D eigenvalue weighted by atomic mass is 16.1. The highest BCUT2D eigenvalue weighted by molar-refractivity contribution is 5.82. The van der Waals surface area contributed by atoms with Gasteiger partial charge in [0.1, 0.15) is 6.04 Å². The first-order chi connectivity index (χ1) is 18.2. The number of aryl methyl sites for hydroxylation is 1. The van der Waals surface area contributed by atoms with Gasteiger partial charge in [0.2, 0.25) is 0 Å². The Kier molecular flexibility index (Phi) is 6.87. The summed E-state index contributed by atoms with van der Waals surface area (Å²) in [5.74, 6) is 1.46. The number of nitrogens with one attached hydrogen (secondary N) is 1. The molecule has 1 saturated carbocycles. The van der Waals surface area contributed by atoms with E-state index in [1.807, 2.05) is 17.7 Å². The van der Waals surface area contributed by atoms with Gasteiger partial charge in [0.25, 0.3) is 5.56 Å². The van der Waals surface area contributed by atoms with E-state index in [1.54, 1.807) is 0 Å². The van der Waals surface area contributed by atoms with Crippen molar-refractivity contribution in [2.75, 3.05) is 13.1 Å². The Bertz CT molecular complexity index is 1400. The first-order valence-corrected chi connectivity index (χ1v) is 13.9. The number of rotatable bonds is 6. The molecule has 0 unspecified atom stereocenters. The van der Waals surface area contributed by atoms with Crippen LogP contribution in [-0.2, 0) is 6.42 Å². The second-order valence-corrected chi connectivity index (χ2v) is 10.9. The molecule has 2 aromatic heterocycles. The Morgan fingerprint density at radius 1 is 0.973 bits per heavy atom. The minimum Gasteiger partial charge on any atom is -0.321 e. The van der Waals surface area contributed by atoms with Gasteiger partial charge in [0, 0.05) is 5.56 Å². The summed E-state index contributed by atoms with van der Waals surface area (Å²) in [6, 6.07) is 19.1. The van der Waals surface area contributed by atoms with Crippen LogP contribution in [0.2, 0.25) is 0 Å². The largest absolute Gasteiger partial charge is 0.321 e. The second-order valence-electron chi connectivity index (χ2n) is 10.9. The van der Waals surface area contributed by atoms with Gasteiger partial charge in [0.15, 0.2) is 5.82 Å². The summed E-state index contributed by atoms with van der Waals surface area (Å²) < 4.78 is 2.04. The zero-order chi connectivity index (χ0) is 25.2. The summed E-state index contributed by atoms with van der Waals surface area (Å²) in [6.07, 6.45) is 9.17. The van der Waals surface area contributed by atoms with E-state index in [9.17, 15) is 4.79 Å². The van der Waals surface area contributed by atoms with Crippen LogP contribution >= 0.6 is 0 Å². The molecular formula is C30H36N6O. The molecule has 37 heavy (non-hydrogen) atoms. The fraction of sp³-hybridized carbons (Fsp3) is 0.467. The van der Waals surface area contributed by atoms with E-state index in [2.05, 4.69) is 73.9 Å². The van der Waals surface area contributed by atoms with Crippen molar-refractivity contribution in [1.29, 1.82) is 0 Å². The molecule has 6 rings (SSSR count). The van der Waals surface area contributed by atoms with Gasteiger partial charge >= 0.3 is 0 Å². The van der Waals surface area contributed by atoms with Gasteiger partial charge < -0.3 is 4.98 Å². The van der Waals surface area contributed by atoms with Crippen LogP contribution in [0.5, 0.6) is 0 Å². The Morgan fingerprint density at radius 2 is 1.76 bits per heavy atom. The molecule has 0 spiro atoms. The van der Waals surface area contributed by atoms with Crippen LogP contribution < -0.4 is 5.56 Å².